The monoisotopic (exact) mass is 175 g/mol. The van der Waals surface area contributed by atoms with E-state index in [0.717, 1.165) is 12.8 Å². The van der Waals surface area contributed by atoms with Crippen LogP contribution in [0.25, 0.3) is 0 Å². The highest BCUT2D eigenvalue weighted by molar-refractivity contribution is 5.64. The number of amides is 1. The summed E-state index contributed by atoms with van der Waals surface area (Å²) in [6, 6.07) is 0. The molecule has 0 aliphatic rings. The highest BCUT2D eigenvalue weighted by atomic mass is 16.4. The van der Waals surface area contributed by atoms with Gasteiger partial charge in [-0.05, 0) is 19.3 Å². The van der Waals surface area contributed by atoms with Crippen molar-refractivity contribution in [1.29, 1.82) is 0 Å². The van der Waals surface area contributed by atoms with Gasteiger partial charge in [-0.25, -0.2) is 4.79 Å². The molecule has 0 saturated heterocycles. The molecule has 0 aromatic carbocycles. The highest BCUT2D eigenvalue weighted by Gasteiger charge is 2.01. The van der Waals surface area contributed by atoms with E-state index in [1.807, 2.05) is 6.92 Å². The van der Waals surface area contributed by atoms with Gasteiger partial charge >= 0.3 is 6.09 Å². The zero-order valence-corrected chi connectivity index (χ0v) is 7.42. The minimum Gasteiger partial charge on any atom is -0.465 e. The number of hydrogen-bond acceptors (Lipinski definition) is 2. The van der Waals surface area contributed by atoms with Crippen LogP contribution < -0.4 is 5.32 Å². The molecule has 0 fully saturated rings. The Hall–Kier alpha value is -0.770. The molecule has 0 aliphatic heterocycles. The summed E-state index contributed by atoms with van der Waals surface area (Å²) in [6.07, 6.45) is 1.87. The fraction of sp³-hybridized carbons (Fsp3) is 0.875. The second kappa shape index (κ2) is 6.91. The molecule has 12 heavy (non-hydrogen) atoms. The second-order valence-corrected chi connectivity index (χ2v) is 2.82. The Bertz CT molecular complexity index is 127. The SMILES string of the molecule is CCCC(O)CCCNC(=O)O. The summed E-state index contributed by atoms with van der Waals surface area (Å²) in [6.45, 7) is 2.44. The van der Waals surface area contributed by atoms with E-state index >= 15 is 0 Å². The molecule has 72 valence electrons. The van der Waals surface area contributed by atoms with Gasteiger partial charge in [0.1, 0.15) is 0 Å². The van der Waals surface area contributed by atoms with Crippen LogP contribution in [-0.2, 0) is 0 Å². The van der Waals surface area contributed by atoms with Crippen molar-refractivity contribution in [3.05, 3.63) is 0 Å². The number of carbonyl (C=O) groups is 1. The van der Waals surface area contributed by atoms with Gasteiger partial charge in [-0.1, -0.05) is 13.3 Å². The van der Waals surface area contributed by atoms with Crippen LogP contribution in [0.1, 0.15) is 32.6 Å². The largest absolute Gasteiger partial charge is 0.465 e. The van der Waals surface area contributed by atoms with Crippen molar-refractivity contribution in [1.82, 2.24) is 5.32 Å². The first kappa shape index (κ1) is 11.2. The summed E-state index contributed by atoms with van der Waals surface area (Å²) >= 11 is 0. The molecular weight excluding hydrogens is 158 g/mol. The summed E-state index contributed by atoms with van der Waals surface area (Å²) in [5.74, 6) is 0. The van der Waals surface area contributed by atoms with Crippen LogP contribution in [-0.4, -0.2) is 29.0 Å². The number of nitrogens with one attached hydrogen (secondary N) is 1. The zero-order valence-electron chi connectivity index (χ0n) is 7.42. The summed E-state index contributed by atoms with van der Waals surface area (Å²) in [4.78, 5) is 10.00. The molecule has 4 nitrogen and oxygen atoms in total. The first-order valence-electron chi connectivity index (χ1n) is 4.31. The smallest absolute Gasteiger partial charge is 0.404 e. The number of rotatable bonds is 6. The van der Waals surface area contributed by atoms with Crippen LogP contribution in [0.15, 0.2) is 0 Å². The molecule has 1 unspecified atom stereocenters. The normalized spacial score (nSPS) is 12.5. The molecular formula is C8H17NO3. The first-order valence-corrected chi connectivity index (χ1v) is 4.31. The molecule has 0 aliphatic carbocycles. The van der Waals surface area contributed by atoms with Crippen molar-refractivity contribution in [3.63, 3.8) is 0 Å². The van der Waals surface area contributed by atoms with Crippen LogP contribution in [0.5, 0.6) is 0 Å². The fourth-order valence-electron chi connectivity index (χ4n) is 1.01. The molecule has 1 amide bonds. The lowest BCUT2D eigenvalue weighted by molar-refractivity contribution is 0.149. The van der Waals surface area contributed by atoms with E-state index in [1.54, 1.807) is 0 Å². The van der Waals surface area contributed by atoms with Crippen LogP contribution >= 0.6 is 0 Å². The molecule has 0 spiro atoms. The van der Waals surface area contributed by atoms with Crippen molar-refractivity contribution < 1.29 is 15.0 Å². The van der Waals surface area contributed by atoms with Gasteiger partial charge in [0.15, 0.2) is 0 Å². The quantitative estimate of drug-likeness (QED) is 0.531. The van der Waals surface area contributed by atoms with Gasteiger partial charge in [0.25, 0.3) is 0 Å². The maximum atomic E-state index is 10.00. The zero-order chi connectivity index (χ0) is 9.40. The van der Waals surface area contributed by atoms with Crippen molar-refractivity contribution in [2.75, 3.05) is 6.54 Å². The molecule has 0 bridgehead atoms. The molecule has 0 radical (unpaired) electrons. The molecule has 1 atom stereocenters. The maximum absolute atomic E-state index is 10.00. The van der Waals surface area contributed by atoms with Crippen LogP contribution in [0.3, 0.4) is 0 Å². The van der Waals surface area contributed by atoms with Crippen LogP contribution in [0, 0.1) is 0 Å². The Kier molecular flexibility index (Phi) is 6.47. The number of aliphatic hydroxyl groups is 1. The van der Waals surface area contributed by atoms with Crippen molar-refractivity contribution in [2.45, 2.75) is 38.7 Å². The Morgan fingerprint density at radius 2 is 2.17 bits per heavy atom. The number of aliphatic hydroxyl groups excluding tert-OH is 1. The maximum Gasteiger partial charge on any atom is 0.404 e. The van der Waals surface area contributed by atoms with Gasteiger partial charge < -0.3 is 15.5 Å². The van der Waals surface area contributed by atoms with E-state index in [9.17, 15) is 9.90 Å². The Morgan fingerprint density at radius 3 is 2.67 bits per heavy atom. The van der Waals surface area contributed by atoms with Gasteiger partial charge in [0.05, 0.1) is 6.10 Å². The third-order valence-electron chi connectivity index (χ3n) is 1.61. The van der Waals surface area contributed by atoms with Gasteiger partial charge in [0.2, 0.25) is 0 Å². The van der Waals surface area contributed by atoms with E-state index < -0.39 is 6.09 Å². The minimum atomic E-state index is -1.00. The van der Waals surface area contributed by atoms with Crippen molar-refractivity contribution >= 4 is 6.09 Å². The third-order valence-corrected chi connectivity index (χ3v) is 1.61. The Morgan fingerprint density at radius 1 is 1.50 bits per heavy atom. The lowest BCUT2D eigenvalue weighted by atomic mass is 10.1. The van der Waals surface area contributed by atoms with Crippen molar-refractivity contribution in [3.8, 4) is 0 Å². The number of hydrogen-bond donors (Lipinski definition) is 3. The van der Waals surface area contributed by atoms with E-state index in [1.165, 1.54) is 0 Å². The molecule has 0 saturated carbocycles. The van der Waals surface area contributed by atoms with Gasteiger partial charge in [-0.3, -0.25) is 0 Å². The van der Waals surface area contributed by atoms with E-state index in [0.29, 0.717) is 19.4 Å². The molecule has 0 heterocycles. The van der Waals surface area contributed by atoms with E-state index in [4.69, 9.17) is 5.11 Å². The lowest BCUT2D eigenvalue weighted by Crippen LogP contribution is -2.22. The van der Waals surface area contributed by atoms with E-state index in [-0.39, 0.29) is 6.10 Å². The Labute approximate surface area is 72.6 Å². The predicted molar refractivity (Wildman–Crippen MR) is 46.2 cm³/mol. The summed E-state index contributed by atoms with van der Waals surface area (Å²) in [5, 5.41) is 19.7. The highest BCUT2D eigenvalue weighted by Crippen LogP contribution is 2.02. The van der Waals surface area contributed by atoms with Crippen LogP contribution in [0.2, 0.25) is 0 Å². The Balaban J connectivity index is 3.13. The summed E-state index contributed by atoms with van der Waals surface area (Å²) < 4.78 is 0. The summed E-state index contributed by atoms with van der Waals surface area (Å²) in [7, 11) is 0. The second-order valence-electron chi connectivity index (χ2n) is 2.82. The molecule has 3 N–H and O–H groups in total. The van der Waals surface area contributed by atoms with E-state index in [2.05, 4.69) is 5.32 Å². The molecule has 0 aromatic rings. The van der Waals surface area contributed by atoms with Crippen LogP contribution in [0.4, 0.5) is 4.79 Å². The topological polar surface area (TPSA) is 69.6 Å². The molecule has 0 aromatic heterocycles. The average Bonchev–Trinajstić information content (AvgIpc) is 1.98. The predicted octanol–water partition coefficient (Wildman–Crippen LogP) is 1.20. The van der Waals surface area contributed by atoms with Crippen molar-refractivity contribution in [2.24, 2.45) is 0 Å². The third kappa shape index (κ3) is 7.34. The first-order chi connectivity index (χ1) is 5.66. The van der Waals surface area contributed by atoms with Gasteiger partial charge in [0, 0.05) is 6.54 Å². The lowest BCUT2D eigenvalue weighted by Gasteiger charge is -2.07. The minimum absolute atomic E-state index is 0.273. The van der Waals surface area contributed by atoms with Gasteiger partial charge in [-0.15, -0.1) is 0 Å². The number of carboxylic acid groups (broad SMARTS) is 1. The standard InChI is InChI=1S/C8H17NO3/c1-2-4-7(10)5-3-6-9-8(11)12/h7,9-10H,2-6H2,1H3,(H,11,12). The fourth-order valence-corrected chi connectivity index (χ4v) is 1.01. The average molecular weight is 175 g/mol. The summed E-state index contributed by atoms with van der Waals surface area (Å²) in [5.41, 5.74) is 0. The van der Waals surface area contributed by atoms with Gasteiger partial charge in [-0.2, -0.15) is 0 Å². The molecule has 0 rings (SSSR count). The molecule has 4 heteroatoms.